The van der Waals surface area contributed by atoms with Crippen molar-refractivity contribution in [1.82, 2.24) is 4.90 Å². The third kappa shape index (κ3) is 3.86. The number of sulfone groups is 1. The summed E-state index contributed by atoms with van der Waals surface area (Å²) in [5, 5.41) is -0.534. The second kappa shape index (κ2) is 6.91. The zero-order valence-electron chi connectivity index (χ0n) is 14.3. The van der Waals surface area contributed by atoms with Gasteiger partial charge in [0.1, 0.15) is 5.75 Å². The first-order chi connectivity index (χ1) is 10.8. The van der Waals surface area contributed by atoms with Crippen LogP contribution in [0.1, 0.15) is 32.8 Å². The molecule has 0 spiro atoms. The van der Waals surface area contributed by atoms with Gasteiger partial charge in [0.25, 0.3) is 0 Å². The first-order valence-electron chi connectivity index (χ1n) is 8.06. The highest BCUT2D eigenvalue weighted by atomic mass is 32.2. The van der Waals surface area contributed by atoms with Gasteiger partial charge in [-0.15, -0.1) is 0 Å². The summed E-state index contributed by atoms with van der Waals surface area (Å²) in [6.07, 6.45) is 0.797. The summed E-state index contributed by atoms with van der Waals surface area (Å²) < 4.78 is 24.2. The topological polar surface area (TPSA) is 57.7 Å². The monoisotopic (exact) mass is 338 g/mol. The number of amides is 1. The Morgan fingerprint density at radius 1 is 1.30 bits per heavy atom. The largest absolute Gasteiger partial charge is 0.372 e. The Morgan fingerprint density at radius 2 is 1.96 bits per heavy atom. The van der Waals surface area contributed by atoms with E-state index in [1.54, 1.807) is 18.7 Å². The average Bonchev–Trinajstić information content (AvgIpc) is 2.63. The summed E-state index contributed by atoms with van der Waals surface area (Å²) in [4.78, 5) is 16.6. The van der Waals surface area contributed by atoms with E-state index in [0.29, 0.717) is 13.1 Å². The maximum Gasteiger partial charge on any atom is 0.238 e. The van der Waals surface area contributed by atoms with Crippen molar-refractivity contribution in [3.63, 3.8) is 0 Å². The molecule has 0 fully saturated rings. The fourth-order valence-corrected chi connectivity index (χ4v) is 3.75. The van der Waals surface area contributed by atoms with E-state index in [4.69, 9.17) is 0 Å². The second-order valence-corrected chi connectivity index (χ2v) is 9.01. The molecule has 6 heteroatoms. The molecular formula is C17H26N2O3S. The molecule has 1 heterocycles. The van der Waals surface area contributed by atoms with Gasteiger partial charge in [0.2, 0.25) is 5.91 Å². The minimum atomic E-state index is -3.39. The Kier molecular flexibility index (Phi) is 5.34. The molecule has 0 bridgehead atoms. The van der Waals surface area contributed by atoms with Gasteiger partial charge in [0.15, 0.2) is 9.84 Å². The highest BCUT2D eigenvalue weighted by Crippen LogP contribution is 2.27. The Bertz CT molecular complexity index is 670. The molecule has 2 rings (SSSR count). The Morgan fingerprint density at radius 3 is 2.57 bits per heavy atom. The van der Waals surface area contributed by atoms with Crippen LogP contribution >= 0.6 is 0 Å². The van der Waals surface area contributed by atoms with Crippen LogP contribution in [0.15, 0.2) is 24.3 Å². The predicted octanol–water partition coefficient (Wildman–Crippen LogP) is 2.07. The Labute approximate surface area is 139 Å². The van der Waals surface area contributed by atoms with Crippen LogP contribution in [0.5, 0.6) is 0 Å². The zero-order chi connectivity index (χ0) is 17.2. The lowest BCUT2D eigenvalue weighted by molar-refractivity contribution is -0.131. The van der Waals surface area contributed by atoms with Crippen molar-refractivity contribution in [3.05, 3.63) is 29.8 Å². The smallest absolute Gasteiger partial charge is 0.238 e. The molecule has 0 N–H and O–H groups in total. The maximum atomic E-state index is 12.7. The van der Waals surface area contributed by atoms with Gasteiger partial charge in [-0.25, -0.2) is 8.42 Å². The Hall–Kier alpha value is -1.56. The van der Waals surface area contributed by atoms with Gasteiger partial charge in [0.05, 0.1) is 5.25 Å². The molecule has 1 aromatic rings. The lowest BCUT2D eigenvalue weighted by Gasteiger charge is -2.31. The summed E-state index contributed by atoms with van der Waals surface area (Å²) in [6.45, 7) is 6.44. The molecule has 0 aliphatic carbocycles. The molecular weight excluding hydrogens is 312 g/mol. The SMILES string of the molecule is CC[C@H]1CN(C)c2ccccc2CN1C(=O)CS(=O)(=O)C(C)C. The van der Waals surface area contributed by atoms with Crippen molar-refractivity contribution in [3.8, 4) is 0 Å². The lowest BCUT2D eigenvalue weighted by Crippen LogP contribution is -2.46. The predicted molar refractivity (Wildman–Crippen MR) is 93.3 cm³/mol. The number of likely N-dealkylation sites (N-methyl/N-ethyl adjacent to an activating group) is 1. The number of nitrogens with zero attached hydrogens (tertiary/aromatic N) is 2. The number of carbonyl (C=O) groups is 1. The maximum absolute atomic E-state index is 12.7. The molecule has 1 aliphatic heterocycles. The number of hydrogen-bond donors (Lipinski definition) is 0. The minimum Gasteiger partial charge on any atom is -0.372 e. The molecule has 1 aliphatic rings. The standard InChI is InChI=1S/C17H26N2O3S/c1-5-15-11-18(4)16-9-7-6-8-14(16)10-19(15)17(20)12-23(21,22)13(2)3/h6-9,13,15H,5,10-12H2,1-4H3/t15-/m0/s1. The molecule has 128 valence electrons. The molecule has 23 heavy (non-hydrogen) atoms. The number of fused-ring (bicyclic) bond motifs is 1. The summed E-state index contributed by atoms with van der Waals surface area (Å²) in [6, 6.07) is 7.99. The van der Waals surface area contributed by atoms with Crippen LogP contribution in [0.3, 0.4) is 0 Å². The number of carbonyl (C=O) groups excluding carboxylic acids is 1. The number of anilines is 1. The van der Waals surface area contributed by atoms with Crippen molar-refractivity contribution < 1.29 is 13.2 Å². The molecule has 0 saturated carbocycles. The van der Waals surface area contributed by atoms with E-state index in [-0.39, 0.29) is 11.9 Å². The lowest BCUT2D eigenvalue weighted by atomic mass is 10.1. The van der Waals surface area contributed by atoms with E-state index >= 15 is 0 Å². The zero-order valence-corrected chi connectivity index (χ0v) is 15.1. The van der Waals surface area contributed by atoms with Gasteiger partial charge in [0, 0.05) is 31.9 Å². The van der Waals surface area contributed by atoms with Gasteiger partial charge >= 0.3 is 0 Å². The number of benzene rings is 1. The van der Waals surface area contributed by atoms with Crippen molar-refractivity contribution in [2.24, 2.45) is 0 Å². The molecule has 0 saturated heterocycles. The van der Waals surface area contributed by atoms with Crippen LogP contribution in [0, 0.1) is 0 Å². The summed E-state index contributed by atoms with van der Waals surface area (Å²) in [7, 11) is -1.37. The van der Waals surface area contributed by atoms with E-state index in [1.807, 2.05) is 38.2 Å². The number of rotatable bonds is 4. The first-order valence-corrected chi connectivity index (χ1v) is 9.78. The van der Waals surface area contributed by atoms with Crippen LogP contribution in [0.2, 0.25) is 0 Å². The molecule has 0 unspecified atom stereocenters. The third-order valence-electron chi connectivity index (χ3n) is 4.50. The average molecular weight is 338 g/mol. The van der Waals surface area contributed by atoms with Crippen LogP contribution in [0.25, 0.3) is 0 Å². The minimum absolute atomic E-state index is 0.0160. The molecule has 0 aromatic heterocycles. The number of hydrogen-bond acceptors (Lipinski definition) is 4. The van der Waals surface area contributed by atoms with E-state index in [9.17, 15) is 13.2 Å². The normalized spacial score (nSPS) is 18.7. The second-order valence-electron chi connectivity index (χ2n) is 6.45. The fourth-order valence-electron chi connectivity index (χ4n) is 2.91. The highest BCUT2D eigenvalue weighted by molar-refractivity contribution is 7.92. The number of para-hydroxylation sites is 1. The Balaban J connectivity index is 2.31. The first kappa shape index (κ1) is 17.8. The van der Waals surface area contributed by atoms with E-state index in [2.05, 4.69) is 4.90 Å². The van der Waals surface area contributed by atoms with E-state index in [0.717, 1.165) is 17.7 Å². The molecule has 5 nitrogen and oxygen atoms in total. The van der Waals surface area contributed by atoms with Gasteiger partial charge in [-0.1, -0.05) is 25.1 Å². The summed E-state index contributed by atoms with van der Waals surface area (Å²) in [5.74, 6) is -0.705. The van der Waals surface area contributed by atoms with Crippen LogP contribution in [0.4, 0.5) is 5.69 Å². The van der Waals surface area contributed by atoms with Crippen LogP contribution in [-0.4, -0.2) is 49.9 Å². The van der Waals surface area contributed by atoms with Crippen LogP contribution < -0.4 is 4.90 Å². The molecule has 0 radical (unpaired) electrons. The van der Waals surface area contributed by atoms with Crippen molar-refractivity contribution in [2.45, 2.75) is 45.0 Å². The van der Waals surface area contributed by atoms with Gasteiger partial charge in [-0.3, -0.25) is 4.79 Å². The van der Waals surface area contributed by atoms with E-state index < -0.39 is 20.8 Å². The van der Waals surface area contributed by atoms with Gasteiger partial charge < -0.3 is 9.80 Å². The highest BCUT2D eigenvalue weighted by Gasteiger charge is 2.31. The fraction of sp³-hybridized carbons (Fsp3) is 0.588. The van der Waals surface area contributed by atoms with Gasteiger partial charge in [-0.05, 0) is 31.9 Å². The van der Waals surface area contributed by atoms with Crippen molar-refractivity contribution >= 4 is 21.4 Å². The summed E-state index contributed by atoms with van der Waals surface area (Å²) in [5.41, 5.74) is 2.16. The van der Waals surface area contributed by atoms with Crippen molar-refractivity contribution in [1.29, 1.82) is 0 Å². The van der Waals surface area contributed by atoms with E-state index in [1.165, 1.54) is 0 Å². The van der Waals surface area contributed by atoms with Crippen molar-refractivity contribution in [2.75, 3.05) is 24.2 Å². The summed E-state index contributed by atoms with van der Waals surface area (Å²) >= 11 is 0. The molecule has 1 atom stereocenters. The van der Waals surface area contributed by atoms with Gasteiger partial charge in [-0.2, -0.15) is 0 Å². The quantitative estimate of drug-likeness (QED) is 0.843. The molecule has 1 amide bonds. The third-order valence-corrected chi connectivity index (χ3v) is 6.59. The van der Waals surface area contributed by atoms with Crippen LogP contribution in [-0.2, 0) is 21.2 Å². The molecule has 1 aromatic carbocycles.